The van der Waals surface area contributed by atoms with Crippen molar-refractivity contribution in [3.8, 4) is 0 Å². The highest BCUT2D eigenvalue weighted by molar-refractivity contribution is 7.92. The Bertz CT molecular complexity index is 1070. The first-order valence-electron chi connectivity index (χ1n) is 8.15. The van der Waals surface area contributed by atoms with Gasteiger partial charge in [-0.2, -0.15) is 13.2 Å². The number of hydrogen-bond donors (Lipinski definition) is 3. The van der Waals surface area contributed by atoms with Crippen molar-refractivity contribution in [1.29, 1.82) is 0 Å². The normalized spacial score (nSPS) is 11.7. The Morgan fingerprint density at radius 2 is 1.55 bits per heavy atom. The van der Waals surface area contributed by atoms with E-state index in [1.54, 1.807) is 0 Å². The molecule has 0 saturated heterocycles. The number of sulfonamides is 1. The smallest absolute Gasteiger partial charge is 0.326 e. The summed E-state index contributed by atoms with van der Waals surface area (Å²) in [4.78, 5) is 23.9. The summed E-state index contributed by atoms with van der Waals surface area (Å²) in [6.45, 7) is 2.53. The molecule has 0 radical (unpaired) electrons. The van der Waals surface area contributed by atoms with E-state index in [-0.39, 0.29) is 28.2 Å². The van der Waals surface area contributed by atoms with Crippen LogP contribution in [0.15, 0.2) is 36.4 Å². The van der Waals surface area contributed by atoms with Gasteiger partial charge in [-0.15, -0.1) is 0 Å². The number of nitrogens with one attached hydrogen (secondary N) is 3. The lowest BCUT2D eigenvalue weighted by molar-refractivity contribution is -0.138. The predicted octanol–water partition coefficient (Wildman–Crippen LogP) is 3.60. The molecule has 2 rings (SSSR count). The van der Waals surface area contributed by atoms with Gasteiger partial charge in [-0.1, -0.05) is 6.07 Å². The Kier molecular flexibility index (Phi) is 6.21. The maximum atomic E-state index is 13.1. The van der Waals surface area contributed by atoms with Crippen molar-refractivity contribution in [2.24, 2.45) is 0 Å². The number of amides is 2. The van der Waals surface area contributed by atoms with Crippen LogP contribution in [-0.4, -0.2) is 26.5 Å². The number of benzene rings is 2. The molecule has 0 spiro atoms. The molecule has 0 aliphatic heterocycles. The molecule has 29 heavy (non-hydrogen) atoms. The van der Waals surface area contributed by atoms with Gasteiger partial charge in [0.05, 0.1) is 23.1 Å². The SMILES string of the molecule is CC(=O)Nc1ccc(NS(C)(=O)=O)c(C(=O)Nc2ccc(C)c(C(F)(F)F)c2)c1. The lowest BCUT2D eigenvalue weighted by Gasteiger charge is -2.15. The second-order valence-electron chi connectivity index (χ2n) is 6.30. The first-order chi connectivity index (χ1) is 13.3. The average molecular weight is 429 g/mol. The minimum Gasteiger partial charge on any atom is -0.326 e. The predicted molar refractivity (Wildman–Crippen MR) is 103 cm³/mol. The van der Waals surface area contributed by atoms with Crippen molar-refractivity contribution in [3.63, 3.8) is 0 Å². The molecular weight excluding hydrogens is 411 g/mol. The average Bonchev–Trinajstić information content (AvgIpc) is 2.55. The standard InChI is InChI=1S/C18H18F3N3O4S/c1-10-4-5-13(9-15(10)18(19,20)21)23-17(26)14-8-12(22-11(2)25)6-7-16(14)24-29(3,27)28/h4-9,24H,1-3H3,(H,22,25)(H,23,26). The second kappa shape index (κ2) is 8.11. The first kappa shape index (κ1) is 22.2. The van der Waals surface area contributed by atoms with Crippen molar-refractivity contribution in [2.45, 2.75) is 20.0 Å². The van der Waals surface area contributed by atoms with Gasteiger partial charge in [0.15, 0.2) is 0 Å². The monoisotopic (exact) mass is 429 g/mol. The maximum absolute atomic E-state index is 13.1. The minimum atomic E-state index is -4.60. The summed E-state index contributed by atoms with van der Waals surface area (Å²) in [5.74, 6) is -1.28. The van der Waals surface area contributed by atoms with E-state index in [0.717, 1.165) is 12.3 Å². The summed E-state index contributed by atoms with van der Waals surface area (Å²) in [6, 6.07) is 7.14. The van der Waals surface area contributed by atoms with Crippen LogP contribution in [0.1, 0.15) is 28.4 Å². The summed E-state index contributed by atoms with van der Waals surface area (Å²) in [6.07, 6.45) is -3.72. The van der Waals surface area contributed by atoms with Crippen LogP contribution in [0, 0.1) is 6.92 Å². The molecule has 11 heteroatoms. The molecule has 0 aliphatic carbocycles. The van der Waals surface area contributed by atoms with Crippen LogP contribution in [0.25, 0.3) is 0 Å². The molecule has 0 fully saturated rings. The zero-order valence-corrected chi connectivity index (χ0v) is 16.5. The number of halogens is 3. The quantitative estimate of drug-likeness (QED) is 0.676. The third-order valence-electron chi connectivity index (χ3n) is 3.68. The van der Waals surface area contributed by atoms with Crippen molar-refractivity contribution in [1.82, 2.24) is 0 Å². The van der Waals surface area contributed by atoms with Gasteiger partial charge in [0, 0.05) is 18.3 Å². The fourth-order valence-corrected chi connectivity index (χ4v) is 3.08. The molecule has 2 amide bonds. The third kappa shape index (κ3) is 6.21. The fourth-order valence-electron chi connectivity index (χ4n) is 2.51. The molecule has 0 atom stereocenters. The van der Waals surface area contributed by atoms with Gasteiger partial charge in [0.25, 0.3) is 5.91 Å². The number of hydrogen-bond acceptors (Lipinski definition) is 4. The summed E-state index contributed by atoms with van der Waals surface area (Å²) in [5, 5.41) is 4.76. The van der Waals surface area contributed by atoms with Crippen LogP contribution >= 0.6 is 0 Å². The van der Waals surface area contributed by atoms with Crippen LogP contribution in [0.3, 0.4) is 0 Å². The second-order valence-corrected chi connectivity index (χ2v) is 8.05. The van der Waals surface area contributed by atoms with E-state index < -0.39 is 33.6 Å². The lowest BCUT2D eigenvalue weighted by Crippen LogP contribution is -2.19. The van der Waals surface area contributed by atoms with Gasteiger partial charge in [0.1, 0.15) is 0 Å². The molecule has 0 bridgehead atoms. The number of alkyl halides is 3. The van der Waals surface area contributed by atoms with Gasteiger partial charge in [-0.3, -0.25) is 14.3 Å². The summed E-state index contributed by atoms with van der Waals surface area (Å²) < 4.78 is 64.5. The van der Waals surface area contributed by atoms with Gasteiger partial charge in [-0.25, -0.2) is 8.42 Å². The van der Waals surface area contributed by atoms with Crippen LogP contribution in [0.5, 0.6) is 0 Å². The molecular formula is C18H18F3N3O4S. The molecule has 0 unspecified atom stereocenters. The van der Waals surface area contributed by atoms with E-state index in [1.165, 1.54) is 44.2 Å². The van der Waals surface area contributed by atoms with Crippen LogP contribution < -0.4 is 15.4 Å². The van der Waals surface area contributed by atoms with Crippen molar-refractivity contribution in [2.75, 3.05) is 21.6 Å². The molecule has 0 aromatic heterocycles. The molecule has 7 nitrogen and oxygen atoms in total. The highest BCUT2D eigenvalue weighted by Crippen LogP contribution is 2.33. The van der Waals surface area contributed by atoms with E-state index in [0.29, 0.717) is 0 Å². The zero-order chi connectivity index (χ0) is 22.0. The summed E-state index contributed by atoms with van der Waals surface area (Å²) >= 11 is 0. The Balaban J connectivity index is 2.44. The van der Waals surface area contributed by atoms with E-state index >= 15 is 0 Å². The van der Waals surface area contributed by atoms with Gasteiger partial charge in [-0.05, 0) is 42.8 Å². The van der Waals surface area contributed by atoms with Gasteiger partial charge >= 0.3 is 6.18 Å². The number of carbonyl (C=O) groups excluding carboxylic acids is 2. The number of anilines is 3. The number of aryl methyl sites for hydroxylation is 1. The topological polar surface area (TPSA) is 104 Å². The van der Waals surface area contributed by atoms with Gasteiger partial charge < -0.3 is 10.6 Å². The highest BCUT2D eigenvalue weighted by atomic mass is 32.2. The van der Waals surface area contributed by atoms with Crippen molar-refractivity contribution in [3.05, 3.63) is 53.1 Å². The molecule has 0 heterocycles. The summed E-state index contributed by atoms with van der Waals surface area (Å²) in [5.41, 5.74) is -1.11. The number of carbonyl (C=O) groups is 2. The van der Waals surface area contributed by atoms with Gasteiger partial charge in [0.2, 0.25) is 15.9 Å². The molecule has 0 aliphatic rings. The van der Waals surface area contributed by atoms with Crippen molar-refractivity contribution >= 4 is 38.9 Å². The fraction of sp³-hybridized carbons (Fsp3) is 0.222. The van der Waals surface area contributed by atoms with Crippen LogP contribution in [0.2, 0.25) is 0 Å². The summed E-state index contributed by atoms with van der Waals surface area (Å²) in [7, 11) is -3.74. The lowest BCUT2D eigenvalue weighted by atomic mass is 10.1. The first-order valence-corrected chi connectivity index (χ1v) is 10.0. The number of rotatable bonds is 5. The molecule has 0 saturated carbocycles. The third-order valence-corrected chi connectivity index (χ3v) is 4.27. The van der Waals surface area contributed by atoms with E-state index in [2.05, 4.69) is 15.4 Å². The molecule has 2 aromatic rings. The molecule has 156 valence electrons. The molecule has 2 aromatic carbocycles. The zero-order valence-electron chi connectivity index (χ0n) is 15.6. The van der Waals surface area contributed by atoms with Crippen LogP contribution in [0.4, 0.5) is 30.2 Å². The maximum Gasteiger partial charge on any atom is 0.416 e. The van der Waals surface area contributed by atoms with E-state index in [9.17, 15) is 31.2 Å². The largest absolute Gasteiger partial charge is 0.416 e. The van der Waals surface area contributed by atoms with E-state index in [4.69, 9.17) is 0 Å². The van der Waals surface area contributed by atoms with Crippen LogP contribution in [-0.2, 0) is 21.0 Å². The highest BCUT2D eigenvalue weighted by Gasteiger charge is 2.32. The Morgan fingerprint density at radius 1 is 0.966 bits per heavy atom. The Labute approximate surface area is 165 Å². The minimum absolute atomic E-state index is 0.0115. The van der Waals surface area contributed by atoms with E-state index in [1.807, 2.05) is 0 Å². The Morgan fingerprint density at radius 3 is 2.10 bits per heavy atom. The Hall–Kier alpha value is -3.08. The molecule has 3 N–H and O–H groups in total. The van der Waals surface area contributed by atoms with Crippen molar-refractivity contribution < 1.29 is 31.2 Å².